The maximum absolute atomic E-state index is 14.3. The fourth-order valence-electron chi connectivity index (χ4n) is 3.03. The minimum atomic E-state index is -2.96. The molecule has 1 aliphatic rings. The van der Waals surface area contributed by atoms with E-state index in [4.69, 9.17) is 10.5 Å². The van der Waals surface area contributed by atoms with Crippen molar-refractivity contribution >= 4 is 5.91 Å². The van der Waals surface area contributed by atoms with Crippen LogP contribution in [0.5, 0.6) is 5.88 Å². The molecule has 0 spiro atoms. The molecular formula is C18H16F4N2O3. The summed E-state index contributed by atoms with van der Waals surface area (Å²) in [5.74, 6) is -2.45. The van der Waals surface area contributed by atoms with Gasteiger partial charge in [-0.05, 0) is 43.5 Å². The monoisotopic (exact) mass is 384 g/mol. The number of pyridine rings is 1. The minimum absolute atomic E-state index is 0.00834. The third kappa shape index (κ3) is 4.02. The number of benzene rings is 1. The van der Waals surface area contributed by atoms with E-state index in [1.54, 1.807) is 0 Å². The molecule has 0 saturated carbocycles. The van der Waals surface area contributed by atoms with Crippen LogP contribution in [-0.2, 0) is 11.2 Å². The van der Waals surface area contributed by atoms with E-state index in [1.165, 1.54) is 19.1 Å². The van der Waals surface area contributed by atoms with E-state index < -0.39 is 36.4 Å². The Morgan fingerprint density at radius 2 is 2.04 bits per heavy atom. The summed E-state index contributed by atoms with van der Waals surface area (Å²) in [6.07, 6.45) is -1.03. The van der Waals surface area contributed by atoms with Gasteiger partial charge in [0.2, 0.25) is 5.88 Å². The van der Waals surface area contributed by atoms with E-state index >= 15 is 0 Å². The summed E-state index contributed by atoms with van der Waals surface area (Å²) >= 11 is 0. The first kappa shape index (κ1) is 19.1. The summed E-state index contributed by atoms with van der Waals surface area (Å²) in [5.41, 5.74) is 5.91. The molecule has 1 aromatic carbocycles. The second-order valence-electron chi connectivity index (χ2n) is 6.12. The Bertz CT molecular complexity index is 876. The molecule has 1 amide bonds. The Kier molecular flexibility index (Phi) is 5.31. The number of hydrogen-bond donors (Lipinski definition) is 1. The zero-order valence-corrected chi connectivity index (χ0v) is 14.2. The van der Waals surface area contributed by atoms with Crippen LogP contribution in [0.3, 0.4) is 0 Å². The highest BCUT2D eigenvalue weighted by molar-refractivity contribution is 5.93. The number of nitrogens with zero attached hydrogens (tertiary/aromatic N) is 1. The lowest BCUT2D eigenvalue weighted by molar-refractivity contribution is -0.180. The summed E-state index contributed by atoms with van der Waals surface area (Å²) in [4.78, 5) is 15.6. The van der Waals surface area contributed by atoms with E-state index in [1.807, 2.05) is 0 Å². The van der Waals surface area contributed by atoms with Gasteiger partial charge in [-0.2, -0.15) is 8.78 Å². The van der Waals surface area contributed by atoms with Crippen LogP contribution < -0.4 is 10.5 Å². The summed E-state index contributed by atoms with van der Waals surface area (Å²) in [5, 5.41) is 0. The van der Waals surface area contributed by atoms with Crippen molar-refractivity contribution in [3.05, 3.63) is 47.2 Å². The molecule has 2 atom stereocenters. The summed E-state index contributed by atoms with van der Waals surface area (Å²) < 4.78 is 62.5. The van der Waals surface area contributed by atoms with E-state index in [0.717, 1.165) is 12.1 Å². The lowest BCUT2D eigenvalue weighted by Gasteiger charge is -2.30. The Morgan fingerprint density at radius 3 is 2.67 bits per heavy atom. The highest BCUT2D eigenvalue weighted by atomic mass is 19.3. The Hall–Kier alpha value is -2.68. The zero-order chi connectivity index (χ0) is 19.7. The van der Waals surface area contributed by atoms with Crippen LogP contribution in [0.4, 0.5) is 17.6 Å². The fourth-order valence-corrected chi connectivity index (χ4v) is 3.03. The van der Waals surface area contributed by atoms with Crippen molar-refractivity contribution in [3.63, 3.8) is 0 Å². The van der Waals surface area contributed by atoms with Crippen LogP contribution in [0, 0.1) is 11.6 Å². The Labute approximate surface area is 152 Å². The van der Waals surface area contributed by atoms with E-state index in [0.29, 0.717) is 18.4 Å². The van der Waals surface area contributed by atoms with Crippen LogP contribution in [0.1, 0.15) is 29.4 Å². The van der Waals surface area contributed by atoms with Gasteiger partial charge in [0, 0.05) is 17.2 Å². The number of halogens is 4. The first-order valence-electron chi connectivity index (χ1n) is 8.15. The SMILES string of the molecule is C[C@H](OC(F)F)[C@@H]1CCc2c(-c3ccc(F)cc3F)cc(C(N)=O)nc2O1. The van der Waals surface area contributed by atoms with E-state index in [-0.39, 0.29) is 22.7 Å². The molecule has 0 fully saturated rings. The molecule has 0 aliphatic carbocycles. The number of carbonyl (C=O) groups is 1. The van der Waals surface area contributed by atoms with Crippen molar-refractivity contribution in [1.29, 1.82) is 0 Å². The lowest BCUT2D eigenvalue weighted by Crippen LogP contribution is -2.36. The van der Waals surface area contributed by atoms with Gasteiger partial charge in [0.25, 0.3) is 5.91 Å². The molecule has 9 heteroatoms. The number of hydrogen-bond acceptors (Lipinski definition) is 4. The number of aromatic nitrogens is 1. The summed E-state index contributed by atoms with van der Waals surface area (Å²) in [6, 6.07) is 4.34. The number of ether oxygens (including phenoxy) is 2. The van der Waals surface area contributed by atoms with Crippen molar-refractivity contribution in [2.75, 3.05) is 0 Å². The molecule has 2 aromatic rings. The molecule has 1 aliphatic heterocycles. The predicted molar refractivity (Wildman–Crippen MR) is 87.4 cm³/mol. The van der Waals surface area contributed by atoms with Crippen LogP contribution in [0.15, 0.2) is 24.3 Å². The fraction of sp³-hybridized carbons (Fsp3) is 0.333. The first-order chi connectivity index (χ1) is 12.8. The first-order valence-corrected chi connectivity index (χ1v) is 8.15. The average Bonchev–Trinajstić information content (AvgIpc) is 2.59. The predicted octanol–water partition coefficient (Wildman–Crippen LogP) is 3.45. The van der Waals surface area contributed by atoms with Crippen molar-refractivity contribution in [3.8, 4) is 17.0 Å². The molecule has 144 valence electrons. The van der Waals surface area contributed by atoms with Gasteiger partial charge in [-0.1, -0.05) is 0 Å². The minimum Gasteiger partial charge on any atom is -0.471 e. The van der Waals surface area contributed by atoms with Crippen LogP contribution in [-0.4, -0.2) is 29.7 Å². The number of rotatable bonds is 5. The number of fused-ring (bicyclic) bond motifs is 1. The molecular weight excluding hydrogens is 368 g/mol. The molecule has 1 aromatic heterocycles. The van der Waals surface area contributed by atoms with Gasteiger partial charge in [-0.25, -0.2) is 13.8 Å². The van der Waals surface area contributed by atoms with Gasteiger partial charge in [0.05, 0.1) is 6.10 Å². The number of nitrogens with two attached hydrogens (primary N) is 1. The summed E-state index contributed by atoms with van der Waals surface area (Å²) in [7, 11) is 0. The molecule has 2 N–H and O–H groups in total. The third-order valence-electron chi connectivity index (χ3n) is 4.34. The van der Waals surface area contributed by atoms with Crippen molar-refractivity contribution in [2.45, 2.75) is 38.6 Å². The maximum atomic E-state index is 14.3. The quantitative estimate of drug-likeness (QED) is 0.802. The van der Waals surface area contributed by atoms with Crippen molar-refractivity contribution in [2.24, 2.45) is 5.73 Å². The standard InChI is InChI=1S/C18H16F4N2O3/c1-8(26-18(21)22)15-5-4-11-12(10-3-2-9(19)6-13(10)20)7-14(16(23)25)24-17(11)27-15/h2-3,6-8,15,18H,4-5H2,1H3,(H2,23,25)/t8-,15-/m0/s1. The Balaban J connectivity index is 2.05. The molecule has 5 nitrogen and oxygen atoms in total. The smallest absolute Gasteiger partial charge is 0.345 e. The van der Waals surface area contributed by atoms with Gasteiger partial charge in [-0.15, -0.1) is 0 Å². The number of alkyl halides is 2. The van der Waals surface area contributed by atoms with Crippen molar-refractivity contribution < 1.29 is 31.8 Å². The third-order valence-corrected chi connectivity index (χ3v) is 4.34. The summed E-state index contributed by atoms with van der Waals surface area (Å²) in [6.45, 7) is -1.53. The topological polar surface area (TPSA) is 74.4 Å². The average molecular weight is 384 g/mol. The van der Waals surface area contributed by atoms with Crippen LogP contribution in [0.25, 0.3) is 11.1 Å². The molecule has 0 radical (unpaired) electrons. The normalized spacial score (nSPS) is 17.3. The van der Waals surface area contributed by atoms with Gasteiger partial charge in [0.15, 0.2) is 0 Å². The zero-order valence-electron chi connectivity index (χ0n) is 14.2. The van der Waals surface area contributed by atoms with Gasteiger partial charge >= 0.3 is 6.61 Å². The number of amides is 1. The number of carbonyl (C=O) groups excluding carboxylic acids is 1. The van der Waals surface area contributed by atoms with Crippen LogP contribution >= 0.6 is 0 Å². The van der Waals surface area contributed by atoms with Gasteiger partial charge in [-0.3, -0.25) is 4.79 Å². The second kappa shape index (κ2) is 7.51. The molecule has 2 heterocycles. The molecule has 0 saturated heterocycles. The molecule has 27 heavy (non-hydrogen) atoms. The van der Waals surface area contributed by atoms with E-state index in [2.05, 4.69) is 9.72 Å². The maximum Gasteiger partial charge on any atom is 0.345 e. The molecule has 3 rings (SSSR count). The van der Waals surface area contributed by atoms with E-state index in [9.17, 15) is 22.4 Å². The van der Waals surface area contributed by atoms with Crippen molar-refractivity contribution in [1.82, 2.24) is 4.98 Å². The largest absolute Gasteiger partial charge is 0.471 e. The Morgan fingerprint density at radius 1 is 1.30 bits per heavy atom. The molecule has 0 bridgehead atoms. The highest BCUT2D eigenvalue weighted by Crippen LogP contribution is 2.37. The van der Waals surface area contributed by atoms with Gasteiger partial charge < -0.3 is 15.2 Å². The molecule has 0 unspecified atom stereocenters. The lowest BCUT2D eigenvalue weighted by atomic mass is 9.93. The number of primary amides is 1. The second-order valence-corrected chi connectivity index (χ2v) is 6.12. The van der Waals surface area contributed by atoms with Gasteiger partial charge in [0.1, 0.15) is 23.4 Å². The highest BCUT2D eigenvalue weighted by Gasteiger charge is 2.31. The van der Waals surface area contributed by atoms with Crippen LogP contribution in [0.2, 0.25) is 0 Å².